The molecule has 2 aromatic rings. The molecular weight excluding hydrogens is 342 g/mol. The van der Waals surface area contributed by atoms with Crippen LogP contribution in [-0.2, 0) is 0 Å². The van der Waals surface area contributed by atoms with Crippen molar-refractivity contribution in [3.63, 3.8) is 0 Å². The van der Waals surface area contributed by atoms with Crippen molar-refractivity contribution in [3.8, 4) is 17.9 Å². The average molecular weight is 360 g/mol. The van der Waals surface area contributed by atoms with Crippen molar-refractivity contribution >= 4 is 10.9 Å². The molecule has 2 aliphatic rings. The van der Waals surface area contributed by atoms with Crippen LogP contribution in [0.4, 0.5) is 8.78 Å². The van der Waals surface area contributed by atoms with Crippen molar-refractivity contribution in [1.29, 1.82) is 0 Å². The maximum absolute atomic E-state index is 14.1. The van der Waals surface area contributed by atoms with Crippen LogP contribution < -0.4 is 4.74 Å². The second-order valence-electron chi connectivity index (χ2n) is 6.69. The third-order valence-electron chi connectivity index (χ3n) is 5.07. The van der Waals surface area contributed by atoms with Gasteiger partial charge in [0.2, 0.25) is 0 Å². The van der Waals surface area contributed by atoms with Gasteiger partial charge >= 0.3 is 6.01 Å². The summed E-state index contributed by atoms with van der Waals surface area (Å²) in [6.07, 6.45) is 3.93. The van der Waals surface area contributed by atoms with Gasteiger partial charge in [-0.25, -0.2) is 18.7 Å². The number of hydrogen-bond acceptors (Lipinski definition) is 6. The van der Waals surface area contributed by atoms with Crippen LogP contribution in [0.3, 0.4) is 0 Å². The fourth-order valence-corrected chi connectivity index (χ4v) is 3.91. The van der Waals surface area contributed by atoms with Crippen LogP contribution in [0, 0.1) is 17.7 Å². The lowest BCUT2D eigenvalue weighted by atomic mass is 9.95. The maximum atomic E-state index is 14.1. The fraction of sp³-hybridized carbons (Fsp3) is 0.500. The Balaban J connectivity index is 1.59. The molecule has 0 aliphatic carbocycles. The highest BCUT2D eigenvalue weighted by Crippen LogP contribution is 2.40. The van der Waals surface area contributed by atoms with Gasteiger partial charge in [0.05, 0.1) is 17.1 Å². The molecule has 4 heterocycles. The van der Waals surface area contributed by atoms with Crippen molar-refractivity contribution in [1.82, 2.24) is 19.9 Å². The van der Waals surface area contributed by atoms with Gasteiger partial charge in [-0.2, -0.15) is 4.98 Å². The lowest BCUT2D eigenvalue weighted by Gasteiger charge is -2.30. The first kappa shape index (κ1) is 17.1. The fourth-order valence-electron chi connectivity index (χ4n) is 3.91. The zero-order valence-corrected chi connectivity index (χ0v) is 14.1. The number of pyridine rings is 1. The Morgan fingerprint density at radius 1 is 1.38 bits per heavy atom. The molecule has 2 aromatic heterocycles. The molecule has 0 aromatic carbocycles. The summed E-state index contributed by atoms with van der Waals surface area (Å²) in [7, 11) is 0. The van der Waals surface area contributed by atoms with E-state index in [2.05, 4.69) is 31.7 Å². The molecular formula is C18H18F2N4O2. The van der Waals surface area contributed by atoms with Crippen LogP contribution in [0.25, 0.3) is 10.9 Å². The van der Waals surface area contributed by atoms with Crippen LogP contribution in [0.1, 0.15) is 25.0 Å². The SMILES string of the molecule is OCC#Cc1ncc(F)c2nc(OC[C@@]34CCCN3C[C@H](F)C4)ncc12. The van der Waals surface area contributed by atoms with E-state index >= 15 is 0 Å². The third-order valence-corrected chi connectivity index (χ3v) is 5.07. The molecule has 0 spiro atoms. The van der Waals surface area contributed by atoms with E-state index < -0.39 is 12.0 Å². The zero-order chi connectivity index (χ0) is 18.1. The van der Waals surface area contributed by atoms with Gasteiger partial charge in [0, 0.05) is 19.2 Å². The van der Waals surface area contributed by atoms with Gasteiger partial charge in [-0.05, 0) is 25.3 Å². The largest absolute Gasteiger partial charge is 0.461 e. The number of aliphatic hydroxyl groups excluding tert-OH is 1. The monoisotopic (exact) mass is 360 g/mol. The van der Waals surface area contributed by atoms with E-state index in [1.807, 2.05) is 0 Å². The van der Waals surface area contributed by atoms with Crippen molar-refractivity contribution in [2.75, 3.05) is 26.3 Å². The summed E-state index contributed by atoms with van der Waals surface area (Å²) in [5, 5.41) is 9.16. The number of nitrogens with zero attached hydrogens (tertiary/aromatic N) is 4. The Morgan fingerprint density at radius 2 is 2.27 bits per heavy atom. The topological polar surface area (TPSA) is 71.4 Å². The first-order valence-corrected chi connectivity index (χ1v) is 8.54. The highest BCUT2D eigenvalue weighted by Gasteiger charge is 2.49. The molecule has 0 amide bonds. The van der Waals surface area contributed by atoms with Gasteiger partial charge in [-0.3, -0.25) is 4.90 Å². The van der Waals surface area contributed by atoms with Crippen LogP contribution in [0.5, 0.6) is 6.01 Å². The lowest BCUT2D eigenvalue weighted by Crippen LogP contribution is -2.43. The summed E-state index contributed by atoms with van der Waals surface area (Å²) in [4.78, 5) is 14.3. The van der Waals surface area contributed by atoms with E-state index in [9.17, 15) is 8.78 Å². The van der Waals surface area contributed by atoms with Gasteiger partial charge in [-0.15, -0.1) is 0 Å². The van der Waals surface area contributed by atoms with E-state index in [1.54, 1.807) is 0 Å². The third kappa shape index (κ3) is 2.97. The molecule has 1 N–H and O–H groups in total. The van der Waals surface area contributed by atoms with E-state index in [0.29, 0.717) is 24.0 Å². The van der Waals surface area contributed by atoms with Crippen LogP contribution in [0.15, 0.2) is 12.4 Å². The molecule has 0 unspecified atom stereocenters. The molecule has 2 fully saturated rings. The predicted molar refractivity (Wildman–Crippen MR) is 89.8 cm³/mol. The Labute approximate surface area is 149 Å². The second kappa shape index (κ2) is 6.74. The summed E-state index contributed by atoms with van der Waals surface area (Å²) < 4.78 is 33.7. The van der Waals surface area contributed by atoms with Crippen molar-refractivity contribution in [3.05, 3.63) is 23.9 Å². The maximum Gasteiger partial charge on any atom is 0.317 e. The summed E-state index contributed by atoms with van der Waals surface area (Å²) in [5.41, 5.74) is 0.0353. The predicted octanol–water partition coefficient (Wildman–Crippen LogP) is 1.46. The lowest BCUT2D eigenvalue weighted by molar-refractivity contribution is 0.107. The smallest absolute Gasteiger partial charge is 0.317 e. The minimum atomic E-state index is -0.840. The molecule has 136 valence electrons. The van der Waals surface area contributed by atoms with Crippen molar-refractivity contribution in [2.24, 2.45) is 0 Å². The molecule has 0 bridgehead atoms. The van der Waals surface area contributed by atoms with Gasteiger partial charge < -0.3 is 9.84 Å². The quantitative estimate of drug-likeness (QED) is 0.836. The van der Waals surface area contributed by atoms with E-state index in [1.165, 1.54) is 6.20 Å². The number of fused-ring (bicyclic) bond motifs is 2. The molecule has 2 saturated heterocycles. The Bertz CT molecular complexity index is 898. The van der Waals surface area contributed by atoms with Crippen LogP contribution >= 0.6 is 0 Å². The molecule has 8 heteroatoms. The standard InChI is InChI=1S/C18H18F2N4O2/c19-12-7-18(4-2-5-24(18)10-12)11-26-17-22-8-13-15(3-1-6-25)21-9-14(20)16(13)23-17/h8-9,12,25H,2,4-7,10-11H2/t12-,18+/m1/s1. The molecule has 2 aliphatic heterocycles. The molecule has 2 atom stereocenters. The van der Waals surface area contributed by atoms with Gasteiger partial charge in [-0.1, -0.05) is 5.92 Å². The molecule has 26 heavy (non-hydrogen) atoms. The van der Waals surface area contributed by atoms with Crippen molar-refractivity contribution in [2.45, 2.75) is 31.0 Å². The number of hydrogen-bond donors (Lipinski definition) is 1. The number of rotatable bonds is 3. The van der Waals surface area contributed by atoms with E-state index in [-0.39, 0.29) is 30.3 Å². The summed E-state index contributed by atoms with van der Waals surface area (Å²) in [6.45, 7) is 1.27. The van der Waals surface area contributed by atoms with Gasteiger partial charge in [0.25, 0.3) is 0 Å². The normalized spacial score (nSPS) is 25.1. The second-order valence-corrected chi connectivity index (χ2v) is 6.69. The average Bonchev–Trinajstić information content (AvgIpc) is 3.15. The highest BCUT2D eigenvalue weighted by molar-refractivity contribution is 5.83. The van der Waals surface area contributed by atoms with E-state index in [4.69, 9.17) is 9.84 Å². The number of alkyl halides is 1. The number of ether oxygens (including phenoxy) is 1. The first-order valence-electron chi connectivity index (χ1n) is 8.54. The van der Waals surface area contributed by atoms with E-state index in [0.717, 1.165) is 25.6 Å². The molecule has 0 saturated carbocycles. The Hall–Kier alpha value is -2.37. The molecule has 4 rings (SSSR count). The van der Waals surface area contributed by atoms with Crippen LogP contribution in [-0.4, -0.2) is 63.0 Å². The number of aliphatic hydroxyl groups is 1. The molecule has 0 radical (unpaired) electrons. The molecule has 6 nitrogen and oxygen atoms in total. The summed E-state index contributed by atoms with van der Waals surface area (Å²) in [5.74, 6) is 4.52. The Morgan fingerprint density at radius 3 is 3.12 bits per heavy atom. The number of aromatic nitrogens is 3. The summed E-state index contributed by atoms with van der Waals surface area (Å²) >= 11 is 0. The summed E-state index contributed by atoms with van der Waals surface area (Å²) in [6, 6.07) is 0.0483. The number of halogens is 2. The zero-order valence-electron chi connectivity index (χ0n) is 14.1. The van der Waals surface area contributed by atoms with Gasteiger partial charge in [0.15, 0.2) is 5.82 Å². The van der Waals surface area contributed by atoms with Gasteiger partial charge in [0.1, 0.15) is 30.6 Å². The highest BCUT2D eigenvalue weighted by atomic mass is 19.1. The Kier molecular flexibility index (Phi) is 4.42. The van der Waals surface area contributed by atoms with Crippen LogP contribution in [0.2, 0.25) is 0 Å². The van der Waals surface area contributed by atoms with Crippen molar-refractivity contribution < 1.29 is 18.6 Å². The minimum absolute atomic E-state index is 0.0483. The first-order chi connectivity index (χ1) is 12.6. The minimum Gasteiger partial charge on any atom is -0.461 e.